The molecule has 1 aliphatic rings. The van der Waals surface area contributed by atoms with Crippen molar-refractivity contribution in [3.05, 3.63) is 72.5 Å². The van der Waals surface area contributed by atoms with Gasteiger partial charge in [0.1, 0.15) is 26.1 Å². The number of rotatable bonds is 7. The van der Waals surface area contributed by atoms with Crippen molar-refractivity contribution in [3.63, 3.8) is 0 Å². The fourth-order valence-electron chi connectivity index (χ4n) is 2.80. The molecule has 0 amide bonds. The topological polar surface area (TPSA) is 47.9 Å². The molecule has 1 aliphatic carbocycles. The number of phenolic OH excluding ortho intramolecular Hbond substituents is 1. The third-order valence-electron chi connectivity index (χ3n) is 4.19. The first kappa shape index (κ1) is 19.5. The van der Waals surface area contributed by atoms with E-state index in [-0.39, 0.29) is 20.7 Å². The highest BCUT2D eigenvalue weighted by atomic mass is 31.1. The van der Waals surface area contributed by atoms with Crippen LogP contribution in [0.4, 0.5) is 0 Å². The van der Waals surface area contributed by atoms with Crippen LogP contribution in [0.5, 0.6) is 11.5 Å². The average molecular weight is 384 g/mol. The molecule has 3 rings (SSSR count). The van der Waals surface area contributed by atoms with E-state index in [1.165, 1.54) is 0 Å². The van der Waals surface area contributed by atoms with Gasteiger partial charge in [-0.25, -0.2) is 0 Å². The molecule has 0 spiro atoms. The Bertz CT molecular complexity index is 842. The highest BCUT2D eigenvalue weighted by molar-refractivity contribution is 7.34. The number of hydrogen-bond acceptors (Lipinski definition) is 4. The quantitative estimate of drug-likeness (QED) is 0.627. The van der Waals surface area contributed by atoms with Crippen LogP contribution in [0.1, 0.15) is 20.3 Å². The second kappa shape index (κ2) is 8.60. The fraction of sp³-hybridized carbons (Fsp3) is 0.273. The molecular weight excluding hydrogens is 359 g/mol. The molecule has 0 aromatic heterocycles. The maximum atomic E-state index is 10.2. The van der Waals surface area contributed by atoms with Crippen LogP contribution in [0.25, 0.3) is 11.1 Å². The number of phenols is 1. The van der Waals surface area contributed by atoms with Gasteiger partial charge >= 0.3 is 0 Å². The van der Waals surface area contributed by atoms with Gasteiger partial charge in [-0.15, -0.1) is 0 Å². The molecule has 0 aliphatic heterocycles. The minimum atomic E-state index is -0.484. The predicted molar refractivity (Wildman–Crippen MR) is 110 cm³/mol. The molecule has 2 unspecified atom stereocenters. The molecule has 2 aromatic carbocycles. The van der Waals surface area contributed by atoms with Gasteiger partial charge in [-0.05, 0) is 44.6 Å². The van der Waals surface area contributed by atoms with Crippen LogP contribution in [0.3, 0.4) is 0 Å². The van der Waals surface area contributed by atoms with E-state index in [1.54, 1.807) is 19.2 Å². The summed E-state index contributed by atoms with van der Waals surface area (Å²) in [7, 11) is 1.79. The molecule has 1 N–H and O–H groups in total. The number of benzene rings is 2. The Morgan fingerprint density at radius 2 is 1.74 bits per heavy atom. The van der Waals surface area contributed by atoms with Crippen LogP contribution >= 0.6 is 8.81 Å². The zero-order valence-electron chi connectivity index (χ0n) is 15.8. The lowest BCUT2D eigenvalue weighted by Gasteiger charge is -2.28. The van der Waals surface area contributed by atoms with Crippen LogP contribution in [-0.2, 0) is 9.47 Å². The van der Waals surface area contributed by atoms with Crippen molar-refractivity contribution in [1.82, 2.24) is 0 Å². The highest BCUT2D eigenvalue weighted by Gasteiger charge is 2.24. The number of allylic oxidation sites excluding steroid dienone is 1. The van der Waals surface area contributed by atoms with Crippen molar-refractivity contribution in [3.8, 4) is 22.6 Å². The van der Waals surface area contributed by atoms with Crippen LogP contribution in [0.2, 0.25) is 0 Å². The second-order valence-electron chi connectivity index (χ2n) is 6.81. The molecule has 2 aromatic rings. The zero-order valence-corrected chi connectivity index (χ0v) is 16.8. The van der Waals surface area contributed by atoms with Gasteiger partial charge in [-0.3, -0.25) is 0 Å². The SMILES string of the molecule is COC1C=CC(OC(C)(C)POc2ccccc2-c2ccccc2O)=CC1. The number of ether oxygens (including phenoxy) is 2. The largest absolute Gasteiger partial charge is 0.507 e. The maximum Gasteiger partial charge on any atom is 0.155 e. The maximum absolute atomic E-state index is 10.2. The molecule has 0 bridgehead atoms. The normalized spacial score (nSPS) is 17.1. The Morgan fingerprint density at radius 3 is 2.41 bits per heavy atom. The summed E-state index contributed by atoms with van der Waals surface area (Å²) in [5.41, 5.74) is 1.61. The summed E-state index contributed by atoms with van der Waals surface area (Å²) in [6.45, 7) is 4.01. The Morgan fingerprint density at radius 1 is 1.04 bits per heavy atom. The third-order valence-corrected chi connectivity index (χ3v) is 5.11. The van der Waals surface area contributed by atoms with E-state index in [1.807, 2.05) is 68.5 Å². The van der Waals surface area contributed by atoms with Crippen molar-refractivity contribution < 1.29 is 19.1 Å². The summed E-state index contributed by atoms with van der Waals surface area (Å²) in [4.78, 5) is 0. The van der Waals surface area contributed by atoms with Crippen molar-refractivity contribution >= 4 is 8.81 Å². The van der Waals surface area contributed by atoms with E-state index in [0.29, 0.717) is 0 Å². The van der Waals surface area contributed by atoms with Gasteiger partial charge in [-0.1, -0.05) is 42.5 Å². The monoisotopic (exact) mass is 384 g/mol. The van der Waals surface area contributed by atoms with Crippen LogP contribution in [-0.4, -0.2) is 23.7 Å². The van der Waals surface area contributed by atoms with Crippen molar-refractivity contribution in [1.29, 1.82) is 0 Å². The van der Waals surface area contributed by atoms with Gasteiger partial charge in [-0.2, -0.15) is 0 Å². The molecule has 2 atom stereocenters. The first-order valence-electron chi connectivity index (χ1n) is 8.90. The molecule has 0 saturated carbocycles. The lowest BCUT2D eigenvalue weighted by molar-refractivity contribution is 0.106. The first-order chi connectivity index (χ1) is 13.0. The van der Waals surface area contributed by atoms with Gasteiger partial charge in [0, 0.05) is 18.2 Å². The number of aromatic hydroxyl groups is 1. The summed E-state index contributed by atoms with van der Waals surface area (Å²) in [6.07, 6.45) is 6.90. The number of para-hydroxylation sites is 2. The van der Waals surface area contributed by atoms with E-state index in [4.69, 9.17) is 14.0 Å². The molecule has 5 heteroatoms. The molecule has 0 saturated heterocycles. The van der Waals surface area contributed by atoms with Crippen LogP contribution < -0.4 is 4.52 Å². The minimum absolute atomic E-state index is 0.0831. The summed E-state index contributed by atoms with van der Waals surface area (Å²) in [5.74, 6) is 1.79. The second-order valence-corrected chi connectivity index (χ2v) is 8.42. The van der Waals surface area contributed by atoms with Crippen molar-refractivity contribution in [2.45, 2.75) is 31.7 Å². The molecule has 142 valence electrons. The molecule has 0 heterocycles. The predicted octanol–water partition coefficient (Wildman–Crippen LogP) is 5.64. The Labute approximate surface area is 162 Å². The Balaban J connectivity index is 1.69. The minimum Gasteiger partial charge on any atom is -0.507 e. The first-order valence-corrected chi connectivity index (χ1v) is 9.81. The lowest BCUT2D eigenvalue weighted by atomic mass is 10.0. The summed E-state index contributed by atoms with van der Waals surface area (Å²) >= 11 is 0. The van der Waals surface area contributed by atoms with Gasteiger partial charge in [0.05, 0.1) is 6.10 Å². The average Bonchev–Trinajstić information content (AvgIpc) is 2.67. The van der Waals surface area contributed by atoms with Gasteiger partial charge in [0.25, 0.3) is 0 Å². The van der Waals surface area contributed by atoms with Gasteiger partial charge in [0.2, 0.25) is 0 Å². The summed E-state index contributed by atoms with van der Waals surface area (Å²) in [5, 5.41) is 9.69. The Kier molecular flexibility index (Phi) is 6.20. The molecule has 0 radical (unpaired) electrons. The van der Waals surface area contributed by atoms with E-state index in [9.17, 15) is 5.11 Å². The third kappa shape index (κ3) is 5.12. The van der Waals surface area contributed by atoms with Crippen LogP contribution in [0.15, 0.2) is 72.5 Å². The molecule has 4 nitrogen and oxygen atoms in total. The standard InChI is InChI=1S/C22H25O4P/c1-22(2,25-17-14-12-16(24-3)13-15-17)27-26-21-11-7-5-9-19(21)18-8-4-6-10-20(18)23/h4-12,14-16,23,27H,13H2,1-3H3. The van der Waals surface area contributed by atoms with Crippen molar-refractivity contribution in [2.24, 2.45) is 0 Å². The number of hydrogen-bond donors (Lipinski definition) is 1. The summed E-state index contributed by atoms with van der Waals surface area (Å²) in [6, 6.07) is 15.0. The zero-order chi connectivity index (χ0) is 19.3. The summed E-state index contributed by atoms with van der Waals surface area (Å²) < 4.78 is 17.5. The highest BCUT2D eigenvalue weighted by Crippen LogP contribution is 2.42. The van der Waals surface area contributed by atoms with Gasteiger partial charge < -0.3 is 19.1 Å². The van der Waals surface area contributed by atoms with E-state index < -0.39 is 5.34 Å². The van der Waals surface area contributed by atoms with E-state index in [0.717, 1.165) is 29.1 Å². The lowest BCUT2D eigenvalue weighted by Crippen LogP contribution is -2.20. The molecule has 27 heavy (non-hydrogen) atoms. The van der Waals surface area contributed by atoms with Gasteiger partial charge in [0.15, 0.2) is 5.34 Å². The van der Waals surface area contributed by atoms with E-state index in [2.05, 4.69) is 0 Å². The molecule has 0 fully saturated rings. The van der Waals surface area contributed by atoms with Crippen molar-refractivity contribution in [2.75, 3.05) is 7.11 Å². The van der Waals surface area contributed by atoms with Crippen LogP contribution in [0, 0.1) is 0 Å². The number of methoxy groups -OCH3 is 1. The Hall–Kier alpha value is -2.29. The fourth-order valence-corrected chi connectivity index (χ4v) is 3.50. The van der Waals surface area contributed by atoms with E-state index >= 15 is 0 Å². The smallest absolute Gasteiger partial charge is 0.155 e. The molecular formula is C22H25O4P.